The smallest absolute Gasteiger partial charge is 0.242 e. The van der Waals surface area contributed by atoms with Crippen molar-refractivity contribution in [3.63, 3.8) is 0 Å². The second-order valence-corrected chi connectivity index (χ2v) is 5.16. The van der Waals surface area contributed by atoms with E-state index >= 15 is 0 Å². The minimum Gasteiger partial charge on any atom is -0.550 e. The molecule has 1 aliphatic rings. The first-order valence-corrected chi connectivity index (χ1v) is 6.81. The zero-order valence-corrected chi connectivity index (χ0v) is 11.2. The van der Waals surface area contributed by atoms with Gasteiger partial charge in [0.2, 0.25) is 5.91 Å². The molecule has 0 aliphatic carbocycles. The highest BCUT2D eigenvalue weighted by molar-refractivity contribution is 8.15. The second-order valence-electron chi connectivity index (χ2n) is 4.00. The number of rotatable bonds is 4. The number of nitrogens with zero attached hydrogens (tertiary/aromatic N) is 2. The van der Waals surface area contributed by atoms with Gasteiger partial charge in [0, 0.05) is 18.9 Å². The summed E-state index contributed by atoms with van der Waals surface area (Å²) in [6.07, 6.45) is -0.284. The van der Waals surface area contributed by atoms with E-state index in [1.54, 1.807) is 0 Å². The number of thioether (sulfide) groups is 1. The molecule has 1 atom stereocenters. The highest BCUT2D eigenvalue weighted by atomic mass is 32.2. The van der Waals surface area contributed by atoms with E-state index in [1.165, 1.54) is 16.7 Å². The molecule has 0 saturated carbocycles. The first-order chi connectivity index (χ1) is 9.11. The summed E-state index contributed by atoms with van der Waals surface area (Å²) in [6, 6.07) is 9.26. The Kier molecular flexibility index (Phi) is 4.21. The Labute approximate surface area is 115 Å². The molecule has 1 amide bonds. The number of hydrogen-bond donors (Lipinski definition) is 0. The third-order valence-electron chi connectivity index (χ3n) is 2.67. The van der Waals surface area contributed by atoms with Gasteiger partial charge in [0.05, 0.1) is 10.9 Å². The van der Waals surface area contributed by atoms with Gasteiger partial charge in [-0.1, -0.05) is 30.0 Å². The Morgan fingerprint density at radius 1 is 1.42 bits per heavy atom. The highest BCUT2D eigenvalue weighted by Gasteiger charge is 2.36. The van der Waals surface area contributed by atoms with Crippen LogP contribution in [-0.4, -0.2) is 33.7 Å². The maximum absolute atomic E-state index is 12.0. The first kappa shape index (κ1) is 13.6. The molecule has 0 N–H and O–H groups in total. The average Bonchev–Trinajstić information content (AvgIpc) is 2.66. The van der Waals surface area contributed by atoms with Crippen molar-refractivity contribution in [2.75, 3.05) is 6.54 Å². The highest BCUT2D eigenvalue weighted by Crippen LogP contribution is 2.31. The fourth-order valence-electron chi connectivity index (χ4n) is 1.78. The fourth-order valence-corrected chi connectivity index (χ4v) is 2.99. The number of amides is 1. The summed E-state index contributed by atoms with van der Waals surface area (Å²) in [4.78, 5) is 28.5. The standard InChI is InChI=1S/C13H14N2O3S/c1-2-15-12(18)10(8-11(16)17)19-13(15)14-9-6-4-3-5-7-9/h3-7,10H,2,8H2,1H3,(H,16,17)/p-1/t10-/m1/s1. The summed E-state index contributed by atoms with van der Waals surface area (Å²) in [5.74, 6) is -1.44. The van der Waals surface area contributed by atoms with E-state index < -0.39 is 11.2 Å². The maximum Gasteiger partial charge on any atom is 0.242 e. The molecule has 2 rings (SSSR count). The lowest BCUT2D eigenvalue weighted by molar-refractivity contribution is -0.305. The Bertz CT molecular complexity index is 516. The number of benzene rings is 1. The number of para-hydroxylation sites is 1. The van der Waals surface area contributed by atoms with Crippen LogP contribution in [0.15, 0.2) is 35.3 Å². The van der Waals surface area contributed by atoms with Gasteiger partial charge >= 0.3 is 0 Å². The van der Waals surface area contributed by atoms with Gasteiger partial charge < -0.3 is 9.90 Å². The minimum atomic E-state index is -1.22. The van der Waals surface area contributed by atoms with Crippen LogP contribution >= 0.6 is 11.8 Å². The number of carbonyl (C=O) groups excluding carboxylic acids is 2. The molecule has 1 fully saturated rings. The Balaban J connectivity index is 2.23. The zero-order chi connectivity index (χ0) is 13.8. The third kappa shape index (κ3) is 3.14. The SMILES string of the molecule is CCN1C(=O)[C@@H](CC(=O)[O-])SC1=Nc1ccccc1. The van der Waals surface area contributed by atoms with Crippen molar-refractivity contribution in [1.29, 1.82) is 0 Å². The molecule has 1 aromatic rings. The van der Waals surface area contributed by atoms with Gasteiger partial charge in [-0.3, -0.25) is 9.69 Å². The van der Waals surface area contributed by atoms with Crippen molar-refractivity contribution in [3.8, 4) is 0 Å². The Morgan fingerprint density at radius 3 is 2.68 bits per heavy atom. The molecule has 1 aromatic carbocycles. The third-order valence-corrected chi connectivity index (χ3v) is 3.84. The number of carboxylic acids is 1. The molecular formula is C13H13N2O3S-. The van der Waals surface area contributed by atoms with E-state index in [9.17, 15) is 14.7 Å². The zero-order valence-electron chi connectivity index (χ0n) is 10.4. The molecule has 6 heteroatoms. The number of hydrogen-bond acceptors (Lipinski definition) is 5. The number of amidine groups is 1. The van der Waals surface area contributed by atoms with Crippen molar-refractivity contribution in [2.24, 2.45) is 4.99 Å². The lowest BCUT2D eigenvalue weighted by atomic mass is 10.3. The van der Waals surface area contributed by atoms with Gasteiger partial charge in [0.1, 0.15) is 0 Å². The molecule has 1 heterocycles. The van der Waals surface area contributed by atoms with Crippen LogP contribution in [0.2, 0.25) is 0 Å². The molecule has 0 bridgehead atoms. The molecule has 5 nitrogen and oxygen atoms in total. The molecule has 1 saturated heterocycles. The quantitative estimate of drug-likeness (QED) is 0.815. The molecule has 19 heavy (non-hydrogen) atoms. The van der Waals surface area contributed by atoms with Crippen LogP contribution in [0.5, 0.6) is 0 Å². The van der Waals surface area contributed by atoms with E-state index in [1.807, 2.05) is 37.3 Å². The van der Waals surface area contributed by atoms with Crippen LogP contribution < -0.4 is 5.11 Å². The molecule has 0 radical (unpaired) electrons. The van der Waals surface area contributed by atoms with Crippen LogP contribution in [0.4, 0.5) is 5.69 Å². The van der Waals surface area contributed by atoms with Crippen molar-refractivity contribution in [1.82, 2.24) is 4.90 Å². The van der Waals surface area contributed by atoms with Crippen LogP contribution in [0, 0.1) is 0 Å². The topological polar surface area (TPSA) is 72.8 Å². The summed E-state index contributed by atoms with van der Waals surface area (Å²) in [5.41, 5.74) is 0.741. The number of carbonyl (C=O) groups is 2. The van der Waals surface area contributed by atoms with Crippen LogP contribution in [0.3, 0.4) is 0 Å². The number of aliphatic imine (C=N–C) groups is 1. The first-order valence-electron chi connectivity index (χ1n) is 5.93. The maximum atomic E-state index is 12.0. The summed E-state index contributed by atoms with van der Waals surface area (Å²) in [5, 5.41) is 10.5. The number of aliphatic carboxylic acids is 1. The Hall–Kier alpha value is -1.82. The van der Waals surface area contributed by atoms with Gasteiger partial charge in [0.25, 0.3) is 0 Å². The van der Waals surface area contributed by atoms with Gasteiger partial charge in [-0.15, -0.1) is 0 Å². The van der Waals surface area contributed by atoms with Crippen LogP contribution in [0.25, 0.3) is 0 Å². The Morgan fingerprint density at radius 2 is 2.11 bits per heavy atom. The molecular weight excluding hydrogens is 264 g/mol. The van der Waals surface area contributed by atoms with Crippen molar-refractivity contribution in [3.05, 3.63) is 30.3 Å². The lowest BCUT2D eigenvalue weighted by Gasteiger charge is -2.13. The average molecular weight is 277 g/mol. The van der Waals surface area contributed by atoms with Gasteiger partial charge in [-0.2, -0.15) is 0 Å². The lowest BCUT2D eigenvalue weighted by Crippen LogP contribution is -2.34. The van der Waals surface area contributed by atoms with Crippen molar-refractivity contribution >= 4 is 34.5 Å². The molecule has 0 spiro atoms. The number of carboxylic acid groups (broad SMARTS) is 1. The second kappa shape index (κ2) is 5.88. The van der Waals surface area contributed by atoms with E-state index in [-0.39, 0.29) is 12.3 Å². The van der Waals surface area contributed by atoms with Crippen molar-refractivity contribution < 1.29 is 14.7 Å². The van der Waals surface area contributed by atoms with Gasteiger partial charge in [-0.05, 0) is 19.1 Å². The van der Waals surface area contributed by atoms with E-state index in [0.29, 0.717) is 11.7 Å². The summed E-state index contributed by atoms with van der Waals surface area (Å²) in [7, 11) is 0. The van der Waals surface area contributed by atoms with E-state index in [0.717, 1.165) is 5.69 Å². The van der Waals surface area contributed by atoms with Gasteiger partial charge in [0.15, 0.2) is 5.17 Å². The van der Waals surface area contributed by atoms with E-state index in [4.69, 9.17) is 0 Å². The monoisotopic (exact) mass is 277 g/mol. The fraction of sp³-hybridized carbons (Fsp3) is 0.308. The van der Waals surface area contributed by atoms with E-state index in [2.05, 4.69) is 4.99 Å². The molecule has 100 valence electrons. The predicted octanol–water partition coefficient (Wildman–Crippen LogP) is 0.778. The molecule has 1 aliphatic heterocycles. The largest absolute Gasteiger partial charge is 0.550 e. The molecule has 0 unspecified atom stereocenters. The summed E-state index contributed by atoms with van der Waals surface area (Å²) >= 11 is 1.18. The van der Waals surface area contributed by atoms with Crippen LogP contribution in [0.1, 0.15) is 13.3 Å². The summed E-state index contributed by atoms with van der Waals surface area (Å²) in [6.45, 7) is 2.31. The minimum absolute atomic E-state index is 0.216. The normalized spacial score (nSPS) is 21.1. The van der Waals surface area contributed by atoms with Gasteiger partial charge in [-0.25, -0.2) is 4.99 Å². The summed E-state index contributed by atoms with van der Waals surface area (Å²) < 4.78 is 0. The predicted molar refractivity (Wildman–Crippen MR) is 71.9 cm³/mol. The molecule has 0 aromatic heterocycles. The van der Waals surface area contributed by atoms with Crippen LogP contribution in [-0.2, 0) is 9.59 Å². The van der Waals surface area contributed by atoms with Crippen molar-refractivity contribution in [2.45, 2.75) is 18.6 Å².